The van der Waals surface area contributed by atoms with Crippen molar-refractivity contribution >= 4 is 29.4 Å². The maximum absolute atomic E-state index is 12.2. The molecule has 0 saturated heterocycles. The molecule has 1 amide bonds. The number of fused-ring (bicyclic) bond motifs is 1. The topological polar surface area (TPSA) is 54.9 Å². The minimum atomic E-state index is 0.138. The number of thioether (sulfide) groups is 2. The predicted octanol–water partition coefficient (Wildman–Crippen LogP) is 3.92. The predicted molar refractivity (Wildman–Crippen MR) is 96.2 cm³/mol. The van der Waals surface area contributed by atoms with Gasteiger partial charge in [0.25, 0.3) is 0 Å². The number of rotatable bonds is 5. The highest BCUT2D eigenvalue weighted by molar-refractivity contribution is 8.01. The molecule has 4 nitrogen and oxygen atoms in total. The average molecular weight is 352 g/mol. The van der Waals surface area contributed by atoms with Crippen LogP contribution in [-0.2, 0) is 4.79 Å². The van der Waals surface area contributed by atoms with Crippen molar-refractivity contribution in [2.24, 2.45) is 0 Å². The fourth-order valence-electron chi connectivity index (χ4n) is 3.55. The molecule has 2 atom stereocenters. The number of carbonyl (C=O) groups is 1. The number of amides is 1. The Morgan fingerprint density at radius 3 is 2.78 bits per heavy atom. The van der Waals surface area contributed by atoms with Gasteiger partial charge in [-0.2, -0.15) is 0 Å². The second-order valence-corrected chi connectivity index (χ2v) is 8.80. The molecule has 126 valence electrons. The van der Waals surface area contributed by atoms with E-state index in [2.05, 4.69) is 29.1 Å². The van der Waals surface area contributed by atoms with E-state index >= 15 is 0 Å². The molecule has 1 aromatic heterocycles. The van der Waals surface area contributed by atoms with E-state index in [9.17, 15) is 4.79 Å². The first-order valence-electron chi connectivity index (χ1n) is 8.55. The zero-order valence-electron chi connectivity index (χ0n) is 14.1. The van der Waals surface area contributed by atoms with Gasteiger partial charge in [-0.15, -0.1) is 11.8 Å². The van der Waals surface area contributed by atoms with E-state index in [1.54, 1.807) is 11.8 Å². The molecule has 1 aromatic rings. The minimum Gasteiger partial charge on any atom is -0.353 e. The van der Waals surface area contributed by atoms with Crippen LogP contribution in [0.5, 0.6) is 0 Å². The maximum atomic E-state index is 12.2. The zero-order chi connectivity index (χ0) is 16.4. The highest BCUT2D eigenvalue weighted by Gasteiger charge is 2.33. The van der Waals surface area contributed by atoms with Gasteiger partial charge in [0.15, 0.2) is 0 Å². The van der Waals surface area contributed by atoms with Crippen molar-refractivity contribution < 1.29 is 4.79 Å². The van der Waals surface area contributed by atoms with Crippen molar-refractivity contribution in [3.05, 3.63) is 11.4 Å². The normalized spacial score (nSPS) is 24.0. The lowest BCUT2D eigenvalue weighted by Crippen LogP contribution is -2.33. The summed E-state index contributed by atoms with van der Waals surface area (Å²) in [5.74, 6) is 1.89. The molecule has 1 saturated carbocycles. The first-order chi connectivity index (χ1) is 11.1. The Labute approximate surface area is 147 Å². The Balaban J connectivity index is 1.69. The van der Waals surface area contributed by atoms with Gasteiger partial charge in [0.2, 0.25) is 5.91 Å². The van der Waals surface area contributed by atoms with Gasteiger partial charge in [-0.1, -0.05) is 38.5 Å². The molecule has 0 radical (unpaired) electrons. The summed E-state index contributed by atoms with van der Waals surface area (Å²) in [5, 5.41) is 5.83. The van der Waals surface area contributed by atoms with Crippen molar-refractivity contribution in [2.75, 3.05) is 5.75 Å². The first-order valence-corrected chi connectivity index (χ1v) is 10.4. The average Bonchev–Trinajstić information content (AvgIpc) is 3.11. The van der Waals surface area contributed by atoms with E-state index in [4.69, 9.17) is 0 Å². The van der Waals surface area contributed by atoms with Crippen LogP contribution in [0.3, 0.4) is 0 Å². The molecule has 0 aromatic carbocycles. The van der Waals surface area contributed by atoms with Crippen LogP contribution in [0.15, 0.2) is 10.1 Å². The van der Waals surface area contributed by atoms with Crippen molar-refractivity contribution in [2.45, 2.75) is 80.1 Å². The van der Waals surface area contributed by atoms with Crippen LogP contribution in [-0.4, -0.2) is 32.9 Å². The standard InChI is InChI=1S/C17H25N3OS2/c1-4-13-10(2)23-17-15(13)16(18-11(3)19-17)22-9-14(21)20-12-7-5-6-8-12/h10,12-13H,4-9H2,1-3H3,(H,20,21)/t10-,13-/m1/s1. The van der Waals surface area contributed by atoms with Crippen molar-refractivity contribution in [3.8, 4) is 0 Å². The van der Waals surface area contributed by atoms with Crippen LogP contribution in [0.2, 0.25) is 0 Å². The SMILES string of the molecule is CC[C@H]1c2c(SCC(=O)NC3CCCC3)nc(C)nc2S[C@@H]1C. The van der Waals surface area contributed by atoms with E-state index in [-0.39, 0.29) is 5.91 Å². The van der Waals surface area contributed by atoms with Crippen LogP contribution in [0.4, 0.5) is 0 Å². The number of hydrogen-bond acceptors (Lipinski definition) is 5. The third-order valence-electron chi connectivity index (χ3n) is 4.72. The molecule has 2 heterocycles. The van der Waals surface area contributed by atoms with Crippen LogP contribution in [0, 0.1) is 6.92 Å². The zero-order valence-corrected chi connectivity index (χ0v) is 15.7. The van der Waals surface area contributed by atoms with Gasteiger partial charge in [-0.25, -0.2) is 9.97 Å². The Bertz CT molecular complexity index is 587. The van der Waals surface area contributed by atoms with E-state index < -0.39 is 0 Å². The fourth-order valence-corrected chi connectivity index (χ4v) is 5.97. The van der Waals surface area contributed by atoms with Crippen molar-refractivity contribution in [1.29, 1.82) is 0 Å². The van der Waals surface area contributed by atoms with Gasteiger partial charge in [0.1, 0.15) is 15.9 Å². The maximum Gasteiger partial charge on any atom is 0.230 e. The van der Waals surface area contributed by atoms with Gasteiger partial charge in [0, 0.05) is 22.8 Å². The van der Waals surface area contributed by atoms with Crippen LogP contribution >= 0.6 is 23.5 Å². The Morgan fingerprint density at radius 2 is 2.09 bits per heavy atom. The van der Waals surface area contributed by atoms with E-state index in [0.29, 0.717) is 23.0 Å². The Morgan fingerprint density at radius 1 is 1.35 bits per heavy atom. The molecular weight excluding hydrogens is 326 g/mol. The summed E-state index contributed by atoms with van der Waals surface area (Å²) < 4.78 is 0. The second kappa shape index (κ2) is 7.43. The molecule has 1 N–H and O–H groups in total. The molecule has 0 unspecified atom stereocenters. The molecule has 0 bridgehead atoms. The highest BCUT2D eigenvalue weighted by Crippen LogP contribution is 2.48. The molecule has 0 spiro atoms. The summed E-state index contributed by atoms with van der Waals surface area (Å²) in [5.41, 5.74) is 1.27. The van der Waals surface area contributed by atoms with Gasteiger partial charge in [-0.05, 0) is 26.2 Å². The third kappa shape index (κ3) is 3.85. The molecular formula is C17H25N3OS2. The lowest BCUT2D eigenvalue weighted by molar-refractivity contribution is -0.119. The summed E-state index contributed by atoms with van der Waals surface area (Å²) in [7, 11) is 0. The summed E-state index contributed by atoms with van der Waals surface area (Å²) in [4.78, 5) is 21.4. The number of aromatic nitrogens is 2. The summed E-state index contributed by atoms with van der Waals surface area (Å²) in [6.45, 7) is 6.42. The Hall–Kier alpha value is -0.750. The largest absolute Gasteiger partial charge is 0.353 e. The Kier molecular flexibility index (Phi) is 5.52. The monoisotopic (exact) mass is 351 g/mol. The molecule has 1 fully saturated rings. The number of hydrogen-bond donors (Lipinski definition) is 1. The lowest BCUT2D eigenvalue weighted by Gasteiger charge is -2.16. The minimum absolute atomic E-state index is 0.138. The second-order valence-electron chi connectivity index (χ2n) is 6.47. The molecule has 6 heteroatoms. The number of nitrogens with one attached hydrogen (secondary N) is 1. The summed E-state index contributed by atoms with van der Waals surface area (Å²) in [6.07, 6.45) is 5.83. The summed E-state index contributed by atoms with van der Waals surface area (Å²) in [6, 6.07) is 0.389. The van der Waals surface area contributed by atoms with E-state index in [1.807, 2.05) is 18.7 Å². The van der Waals surface area contributed by atoms with Crippen molar-refractivity contribution in [3.63, 3.8) is 0 Å². The smallest absolute Gasteiger partial charge is 0.230 e. The number of aryl methyl sites for hydroxylation is 1. The molecule has 3 rings (SSSR count). The number of carbonyl (C=O) groups excluding carboxylic acids is 1. The molecule has 1 aliphatic heterocycles. The van der Waals surface area contributed by atoms with Crippen molar-refractivity contribution in [1.82, 2.24) is 15.3 Å². The van der Waals surface area contributed by atoms with Crippen LogP contribution < -0.4 is 5.32 Å². The lowest BCUT2D eigenvalue weighted by atomic mass is 9.96. The van der Waals surface area contributed by atoms with Crippen LogP contribution in [0.25, 0.3) is 0 Å². The quantitative estimate of drug-likeness (QED) is 0.643. The van der Waals surface area contributed by atoms with E-state index in [0.717, 1.165) is 35.1 Å². The van der Waals surface area contributed by atoms with Gasteiger partial charge >= 0.3 is 0 Å². The summed E-state index contributed by atoms with van der Waals surface area (Å²) >= 11 is 3.42. The first kappa shape index (κ1) is 17.1. The fraction of sp³-hybridized carbons (Fsp3) is 0.706. The molecule has 23 heavy (non-hydrogen) atoms. The van der Waals surface area contributed by atoms with Gasteiger partial charge in [0.05, 0.1) is 5.75 Å². The third-order valence-corrected chi connectivity index (χ3v) is 6.95. The van der Waals surface area contributed by atoms with Crippen LogP contribution in [0.1, 0.15) is 63.3 Å². The van der Waals surface area contributed by atoms with Gasteiger partial charge < -0.3 is 5.32 Å². The number of nitrogens with zero attached hydrogens (tertiary/aromatic N) is 2. The molecule has 1 aliphatic carbocycles. The van der Waals surface area contributed by atoms with Gasteiger partial charge in [-0.3, -0.25) is 4.79 Å². The van der Waals surface area contributed by atoms with E-state index in [1.165, 1.54) is 18.4 Å². The molecule has 2 aliphatic rings. The highest BCUT2D eigenvalue weighted by atomic mass is 32.2.